The number of amides is 2. The van der Waals surface area contributed by atoms with Gasteiger partial charge in [-0.2, -0.15) is 0 Å². The number of halogens is 2. The fraction of sp³-hybridized carbons (Fsp3) is 0.350. The molecular weight excluding hydrogens is 338 g/mol. The molecule has 2 aromatic rings. The van der Waals surface area contributed by atoms with Crippen LogP contribution in [0.3, 0.4) is 0 Å². The molecule has 0 unspecified atom stereocenters. The van der Waals surface area contributed by atoms with Crippen LogP contribution < -0.4 is 10.1 Å². The quantitative estimate of drug-likeness (QED) is 0.802. The molecule has 0 heterocycles. The van der Waals surface area contributed by atoms with Crippen molar-refractivity contribution in [2.45, 2.75) is 38.9 Å². The molecule has 2 aromatic carbocycles. The summed E-state index contributed by atoms with van der Waals surface area (Å²) in [4.78, 5) is 14.3. The van der Waals surface area contributed by atoms with E-state index in [1.807, 2.05) is 31.2 Å². The summed E-state index contributed by atoms with van der Waals surface area (Å²) in [7, 11) is 0. The Bertz CT molecular complexity index is 761. The van der Waals surface area contributed by atoms with Crippen molar-refractivity contribution >= 4 is 6.03 Å². The molecule has 0 atom stereocenters. The second kappa shape index (κ2) is 8.17. The standard InChI is InChI=1S/C20H22F2N2O2/c1-2-26-17-10-6-14(7-11-17)13-24(16-8-9-16)20(25)23-12-15-4-3-5-18(21)19(15)22/h3-7,10-11,16H,2,8-9,12-13H2,1H3,(H,23,25). The lowest BCUT2D eigenvalue weighted by atomic mass is 10.2. The van der Waals surface area contributed by atoms with E-state index in [4.69, 9.17) is 4.74 Å². The van der Waals surface area contributed by atoms with Gasteiger partial charge in [-0.1, -0.05) is 24.3 Å². The Kier molecular flexibility index (Phi) is 5.71. The minimum atomic E-state index is -0.919. The molecule has 1 aliphatic carbocycles. The van der Waals surface area contributed by atoms with E-state index < -0.39 is 11.6 Å². The van der Waals surface area contributed by atoms with Crippen LogP contribution in [-0.4, -0.2) is 23.6 Å². The fourth-order valence-electron chi connectivity index (χ4n) is 2.76. The van der Waals surface area contributed by atoms with Crippen LogP contribution in [0.4, 0.5) is 13.6 Å². The Hall–Kier alpha value is -2.63. The zero-order chi connectivity index (χ0) is 18.5. The molecule has 0 bridgehead atoms. The lowest BCUT2D eigenvalue weighted by Gasteiger charge is -2.23. The van der Waals surface area contributed by atoms with E-state index in [9.17, 15) is 13.6 Å². The lowest BCUT2D eigenvalue weighted by Crippen LogP contribution is -2.40. The Morgan fingerprint density at radius 3 is 2.58 bits per heavy atom. The monoisotopic (exact) mass is 360 g/mol. The van der Waals surface area contributed by atoms with Crippen molar-refractivity contribution in [1.29, 1.82) is 0 Å². The van der Waals surface area contributed by atoms with Crippen molar-refractivity contribution in [3.63, 3.8) is 0 Å². The summed E-state index contributed by atoms with van der Waals surface area (Å²) < 4.78 is 32.4. The van der Waals surface area contributed by atoms with Gasteiger partial charge in [-0.15, -0.1) is 0 Å². The zero-order valence-corrected chi connectivity index (χ0v) is 14.7. The van der Waals surface area contributed by atoms with Gasteiger partial charge in [-0.05, 0) is 43.5 Å². The Morgan fingerprint density at radius 1 is 1.19 bits per heavy atom. The Morgan fingerprint density at radius 2 is 1.92 bits per heavy atom. The largest absolute Gasteiger partial charge is 0.494 e. The number of urea groups is 1. The number of rotatable bonds is 7. The van der Waals surface area contributed by atoms with Crippen molar-refractivity contribution in [1.82, 2.24) is 10.2 Å². The van der Waals surface area contributed by atoms with Gasteiger partial charge in [-0.25, -0.2) is 13.6 Å². The lowest BCUT2D eigenvalue weighted by molar-refractivity contribution is 0.191. The summed E-state index contributed by atoms with van der Waals surface area (Å²) in [5, 5.41) is 2.70. The van der Waals surface area contributed by atoms with Crippen LogP contribution in [0.15, 0.2) is 42.5 Å². The SMILES string of the molecule is CCOc1ccc(CN(C(=O)NCc2cccc(F)c2F)C2CC2)cc1. The predicted octanol–water partition coefficient (Wildman–Crippen LogP) is 4.24. The molecule has 0 aromatic heterocycles. The molecular formula is C20H22F2N2O2. The molecule has 1 N–H and O–H groups in total. The minimum absolute atomic E-state index is 0.0467. The fourth-order valence-corrected chi connectivity index (χ4v) is 2.76. The molecule has 0 saturated heterocycles. The third-order valence-electron chi connectivity index (χ3n) is 4.30. The molecule has 4 nitrogen and oxygen atoms in total. The van der Waals surface area contributed by atoms with Gasteiger partial charge >= 0.3 is 6.03 Å². The highest BCUT2D eigenvalue weighted by atomic mass is 19.2. The smallest absolute Gasteiger partial charge is 0.318 e. The van der Waals surface area contributed by atoms with Crippen LogP contribution in [0.1, 0.15) is 30.9 Å². The van der Waals surface area contributed by atoms with Crippen molar-refractivity contribution in [3.8, 4) is 5.75 Å². The number of hydrogen-bond acceptors (Lipinski definition) is 2. The average molecular weight is 360 g/mol. The van der Waals surface area contributed by atoms with Gasteiger partial charge in [0, 0.05) is 24.7 Å². The summed E-state index contributed by atoms with van der Waals surface area (Å²) in [6, 6.07) is 11.5. The normalized spacial score (nSPS) is 13.3. The van der Waals surface area contributed by atoms with Crippen LogP contribution in [0.2, 0.25) is 0 Å². The number of carbonyl (C=O) groups excluding carboxylic acids is 1. The molecule has 1 fully saturated rings. The van der Waals surface area contributed by atoms with Crippen molar-refractivity contribution < 1.29 is 18.3 Å². The number of nitrogens with one attached hydrogen (secondary N) is 1. The number of hydrogen-bond donors (Lipinski definition) is 1. The first-order valence-corrected chi connectivity index (χ1v) is 8.77. The first-order valence-electron chi connectivity index (χ1n) is 8.77. The van der Waals surface area contributed by atoms with E-state index in [-0.39, 0.29) is 24.2 Å². The number of benzene rings is 2. The Labute approximate surface area is 151 Å². The molecule has 0 radical (unpaired) electrons. The second-order valence-corrected chi connectivity index (χ2v) is 6.31. The molecule has 138 valence electrons. The second-order valence-electron chi connectivity index (χ2n) is 6.31. The van der Waals surface area contributed by atoms with E-state index in [2.05, 4.69) is 5.32 Å². The molecule has 26 heavy (non-hydrogen) atoms. The maximum atomic E-state index is 13.7. The zero-order valence-electron chi connectivity index (χ0n) is 14.7. The summed E-state index contributed by atoms with van der Waals surface area (Å²) in [5.41, 5.74) is 1.13. The molecule has 2 amide bonds. The highest BCUT2D eigenvalue weighted by molar-refractivity contribution is 5.75. The highest BCUT2D eigenvalue weighted by Gasteiger charge is 2.32. The van der Waals surface area contributed by atoms with Crippen LogP contribution in [0.5, 0.6) is 5.75 Å². The molecule has 0 aliphatic heterocycles. The topological polar surface area (TPSA) is 41.6 Å². The minimum Gasteiger partial charge on any atom is -0.494 e. The summed E-state index contributed by atoms with van der Waals surface area (Å²) in [6.45, 7) is 2.95. The van der Waals surface area contributed by atoms with E-state index in [0.29, 0.717) is 13.2 Å². The molecule has 3 rings (SSSR count). The first kappa shape index (κ1) is 18.2. The van der Waals surface area contributed by atoms with E-state index in [0.717, 1.165) is 30.2 Å². The van der Waals surface area contributed by atoms with Crippen LogP contribution in [-0.2, 0) is 13.1 Å². The molecule has 0 spiro atoms. The van der Waals surface area contributed by atoms with Gasteiger partial charge < -0.3 is 15.0 Å². The molecule has 1 aliphatic rings. The molecule has 1 saturated carbocycles. The number of ether oxygens (including phenoxy) is 1. The summed E-state index contributed by atoms with van der Waals surface area (Å²) in [6.07, 6.45) is 1.91. The molecule has 6 heteroatoms. The van der Waals surface area contributed by atoms with Crippen LogP contribution >= 0.6 is 0 Å². The number of nitrogens with zero attached hydrogens (tertiary/aromatic N) is 1. The van der Waals surface area contributed by atoms with Gasteiger partial charge in [-0.3, -0.25) is 0 Å². The van der Waals surface area contributed by atoms with Crippen molar-refractivity contribution in [3.05, 3.63) is 65.2 Å². The third kappa shape index (κ3) is 4.50. The van der Waals surface area contributed by atoms with Gasteiger partial charge in [0.15, 0.2) is 11.6 Å². The summed E-state index contributed by atoms with van der Waals surface area (Å²) >= 11 is 0. The van der Waals surface area contributed by atoms with E-state index in [1.165, 1.54) is 12.1 Å². The van der Waals surface area contributed by atoms with Gasteiger partial charge in [0.25, 0.3) is 0 Å². The maximum absolute atomic E-state index is 13.7. The van der Waals surface area contributed by atoms with Crippen LogP contribution in [0, 0.1) is 11.6 Å². The maximum Gasteiger partial charge on any atom is 0.318 e. The first-order chi connectivity index (χ1) is 12.6. The van der Waals surface area contributed by atoms with Gasteiger partial charge in [0.05, 0.1) is 6.61 Å². The van der Waals surface area contributed by atoms with E-state index >= 15 is 0 Å². The van der Waals surface area contributed by atoms with Crippen molar-refractivity contribution in [2.75, 3.05) is 6.61 Å². The predicted molar refractivity (Wildman–Crippen MR) is 94.8 cm³/mol. The van der Waals surface area contributed by atoms with Crippen molar-refractivity contribution in [2.24, 2.45) is 0 Å². The third-order valence-corrected chi connectivity index (χ3v) is 4.30. The summed E-state index contributed by atoms with van der Waals surface area (Å²) in [5.74, 6) is -1.04. The van der Waals surface area contributed by atoms with E-state index in [1.54, 1.807) is 4.90 Å². The van der Waals surface area contributed by atoms with Gasteiger partial charge in [0.2, 0.25) is 0 Å². The Balaban J connectivity index is 1.62. The highest BCUT2D eigenvalue weighted by Crippen LogP contribution is 2.29. The van der Waals surface area contributed by atoms with Gasteiger partial charge in [0.1, 0.15) is 5.75 Å². The average Bonchev–Trinajstić information content (AvgIpc) is 3.47. The number of carbonyl (C=O) groups is 1. The van der Waals surface area contributed by atoms with Crippen LogP contribution in [0.25, 0.3) is 0 Å².